The summed E-state index contributed by atoms with van der Waals surface area (Å²) in [6.45, 7) is 1.74. The molecule has 1 aliphatic carbocycles. The van der Waals surface area contributed by atoms with Crippen molar-refractivity contribution < 1.29 is 23.1 Å². The summed E-state index contributed by atoms with van der Waals surface area (Å²) >= 11 is 0.917. The van der Waals surface area contributed by atoms with Crippen molar-refractivity contribution in [2.75, 3.05) is 5.75 Å². The minimum absolute atomic E-state index is 0.0158. The summed E-state index contributed by atoms with van der Waals surface area (Å²) in [6.07, 6.45) is 2.25. The molecule has 0 N–H and O–H groups in total. The molecule has 2 rings (SSSR count). The summed E-state index contributed by atoms with van der Waals surface area (Å²) in [6, 6.07) is 3.06. The molecule has 1 heterocycles. The standard InChI is InChI=1S/C16H12F2N2O3S/c1-2-24-16(22)13-10(8-21)3-4-20-15(13)23-14-11(17)5-9(7-19)6-12(14)18/h3-5,8-9H,2,6H2,1H3. The SMILES string of the molecule is CCSC(=O)c1c(C=O)ccnc1OC1=C(F)CC(C#N)C=C1F. The molecular weight excluding hydrogens is 338 g/mol. The number of carbonyl (C=O) groups is 2. The number of aromatic nitrogens is 1. The molecule has 0 radical (unpaired) electrons. The summed E-state index contributed by atoms with van der Waals surface area (Å²) in [7, 11) is 0. The van der Waals surface area contributed by atoms with Crippen molar-refractivity contribution in [1.82, 2.24) is 4.98 Å². The Morgan fingerprint density at radius 1 is 1.58 bits per heavy atom. The second-order valence-corrected chi connectivity index (χ2v) is 5.95. The van der Waals surface area contributed by atoms with E-state index in [1.54, 1.807) is 13.0 Å². The van der Waals surface area contributed by atoms with Crippen LogP contribution in [0.3, 0.4) is 0 Å². The molecule has 0 amide bonds. The number of hydrogen-bond donors (Lipinski definition) is 0. The Labute approximate surface area is 141 Å². The fourth-order valence-corrected chi connectivity index (χ4v) is 2.66. The number of carbonyl (C=O) groups excluding carboxylic acids is 2. The zero-order chi connectivity index (χ0) is 17.7. The number of nitriles is 1. The minimum atomic E-state index is -1.05. The van der Waals surface area contributed by atoms with Gasteiger partial charge in [0.05, 0.1) is 12.0 Å². The first-order valence-electron chi connectivity index (χ1n) is 6.96. The third kappa shape index (κ3) is 3.68. The lowest BCUT2D eigenvalue weighted by atomic mass is 10.00. The Morgan fingerprint density at radius 3 is 2.92 bits per heavy atom. The van der Waals surface area contributed by atoms with Crippen LogP contribution in [0.4, 0.5) is 8.78 Å². The molecule has 0 aromatic carbocycles. The van der Waals surface area contributed by atoms with Crippen LogP contribution >= 0.6 is 11.8 Å². The molecule has 0 aliphatic heterocycles. The predicted molar refractivity (Wildman–Crippen MR) is 83.8 cm³/mol. The van der Waals surface area contributed by atoms with Crippen LogP contribution < -0.4 is 4.74 Å². The molecule has 8 heteroatoms. The molecule has 5 nitrogen and oxygen atoms in total. The highest BCUT2D eigenvalue weighted by Gasteiger charge is 2.27. The molecule has 1 aromatic heterocycles. The fraction of sp³-hybridized carbons (Fsp3) is 0.250. The van der Waals surface area contributed by atoms with E-state index in [1.165, 1.54) is 12.3 Å². The molecule has 1 aromatic rings. The zero-order valence-electron chi connectivity index (χ0n) is 12.6. The van der Waals surface area contributed by atoms with E-state index in [1.807, 2.05) is 0 Å². The van der Waals surface area contributed by atoms with Gasteiger partial charge in [-0.3, -0.25) is 9.59 Å². The first kappa shape index (κ1) is 17.8. The largest absolute Gasteiger partial charge is 0.432 e. The number of pyridine rings is 1. The third-order valence-electron chi connectivity index (χ3n) is 3.13. The van der Waals surface area contributed by atoms with E-state index in [4.69, 9.17) is 10.00 Å². The van der Waals surface area contributed by atoms with Gasteiger partial charge in [0.25, 0.3) is 0 Å². The van der Waals surface area contributed by atoms with Gasteiger partial charge in [-0.25, -0.2) is 13.8 Å². The van der Waals surface area contributed by atoms with E-state index in [-0.39, 0.29) is 23.4 Å². The maximum absolute atomic E-state index is 14.0. The van der Waals surface area contributed by atoms with Gasteiger partial charge in [-0.05, 0) is 17.9 Å². The van der Waals surface area contributed by atoms with E-state index in [0.717, 1.165) is 17.8 Å². The molecule has 1 aliphatic rings. The number of thioether (sulfide) groups is 1. The van der Waals surface area contributed by atoms with Gasteiger partial charge < -0.3 is 4.74 Å². The molecule has 0 bridgehead atoms. The number of ether oxygens (including phenoxy) is 1. The summed E-state index contributed by atoms with van der Waals surface area (Å²) in [4.78, 5) is 27.1. The molecule has 0 saturated heterocycles. The van der Waals surface area contributed by atoms with E-state index in [0.29, 0.717) is 12.0 Å². The Hall–Kier alpha value is -2.53. The van der Waals surface area contributed by atoms with Crippen molar-refractivity contribution in [2.24, 2.45) is 5.92 Å². The lowest BCUT2D eigenvalue weighted by Gasteiger charge is -2.17. The third-order valence-corrected chi connectivity index (χ3v) is 3.88. The first-order chi connectivity index (χ1) is 11.5. The molecule has 0 spiro atoms. The Morgan fingerprint density at radius 2 is 2.33 bits per heavy atom. The van der Waals surface area contributed by atoms with Crippen molar-refractivity contribution in [3.8, 4) is 11.9 Å². The van der Waals surface area contributed by atoms with Crippen molar-refractivity contribution in [3.05, 3.63) is 46.9 Å². The summed E-state index contributed by atoms with van der Waals surface area (Å²) < 4.78 is 33.2. The van der Waals surface area contributed by atoms with E-state index in [2.05, 4.69) is 4.98 Å². The summed E-state index contributed by atoms with van der Waals surface area (Å²) in [5.41, 5.74) is -0.128. The molecule has 1 atom stereocenters. The van der Waals surface area contributed by atoms with Crippen LogP contribution in [-0.2, 0) is 0 Å². The first-order valence-corrected chi connectivity index (χ1v) is 7.95. The lowest BCUT2D eigenvalue weighted by Crippen LogP contribution is -2.12. The van der Waals surface area contributed by atoms with Gasteiger partial charge in [0.15, 0.2) is 17.9 Å². The van der Waals surface area contributed by atoms with Crippen LogP contribution in [0.15, 0.2) is 35.8 Å². The van der Waals surface area contributed by atoms with E-state index in [9.17, 15) is 18.4 Å². The van der Waals surface area contributed by atoms with Crippen LogP contribution in [0, 0.1) is 17.2 Å². The van der Waals surface area contributed by atoms with Gasteiger partial charge in [0.2, 0.25) is 11.0 Å². The summed E-state index contributed by atoms with van der Waals surface area (Å²) in [5, 5.41) is 8.27. The lowest BCUT2D eigenvalue weighted by molar-refractivity contribution is 0.106. The fourth-order valence-electron chi connectivity index (χ4n) is 2.05. The molecule has 24 heavy (non-hydrogen) atoms. The molecule has 0 fully saturated rings. The highest BCUT2D eigenvalue weighted by Crippen LogP contribution is 2.34. The van der Waals surface area contributed by atoms with Crippen LogP contribution in [0.2, 0.25) is 0 Å². The van der Waals surface area contributed by atoms with Gasteiger partial charge >= 0.3 is 0 Å². The second-order valence-electron chi connectivity index (χ2n) is 4.71. The average Bonchev–Trinajstić information content (AvgIpc) is 2.57. The van der Waals surface area contributed by atoms with Crippen LogP contribution in [0.5, 0.6) is 5.88 Å². The normalized spacial score (nSPS) is 17.1. The van der Waals surface area contributed by atoms with Crippen LogP contribution in [-0.4, -0.2) is 22.1 Å². The maximum Gasteiger partial charge on any atom is 0.232 e. The Bertz CT molecular complexity index is 784. The molecule has 124 valence electrons. The van der Waals surface area contributed by atoms with Crippen LogP contribution in [0.1, 0.15) is 34.1 Å². The number of allylic oxidation sites excluding steroid dienone is 3. The number of hydrogen-bond acceptors (Lipinski definition) is 6. The zero-order valence-corrected chi connectivity index (χ0v) is 13.4. The topological polar surface area (TPSA) is 80.1 Å². The summed E-state index contributed by atoms with van der Waals surface area (Å²) in [5.74, 6) is -3.57. The van der Waals surface area contributed by atoms with E-state index < -0.39 is 28.4 Å². The minimum Gasteiger partial charge on any atom is -0.432 e. The van der Waals surface area contributed by atoms with Crippen molar-refractivity contribution in [3.63, 3.8) is 0 Å². The highest BCUT2D eigenvalue weighted by atomic mass is 32.2. The number of halogens is 2. The van der Waals surface area contributed by atoms with Gasteiger partial charge in [0, 0.05) is 18.2 Å². The number of aldehydes is 1. The molecular formula is C16H12F2N2O3S. The quantitative estimate of drug-likeness (QED) is 0.753. The van der Waals surface area contributed by atoms with Crippen LogP contribution in [0.25, 0.3) is 0 Å². The average molecular weight is 350 g/mol. The van der Waals surface area contributed by atoms with Gasteiger partial charge in [0.1, 0.15) is 11.4 Å². The smallest absolute Gasteiger partial charge is 0.232 e. The second kappa shape index (κ2) is 7.84. The molecule has 1 unspecified atom stereocenters. The number of rotatable bonds is 5. The predicted octanol–water partition coefficient (Wildman–Crippen LogP) is 3.74. The van der Waals surface area contributed by atoms with Crippen molar-refractivity contribution in [2.45, 2.75) is 13.3 Å². The van der Waals surface area contributed by atoms with E-state index >= 15 is 0 Å². The van der Waals surface area contributed by atoms with Crippen molar-refractivity contribution >= 4 is 23.2 Å². The Balaban J connectivity index is 2.44. The monoisotopic (exact) mass is 350 g/mol. The highest BCUT2D eigenvalue weighted by molar-refractivity contribution is 8.14. The van der Waals surface area contributed by atoms with Gasteiger partial charge in [-0.1, -0.05) is 18.7 Å². The van der Waals surface area contributed by atoms with Gasteiger partial charge in [-0.15, -0.1) is 0 Å². The Kier molecular flexibility index (Phi) is 5.82. The number of nitrogens with zero attached hydrogens (tertiary/aromatic N) is 2. The maximum atomic E-state index is 14.0. The van der Waals surface area contributed by atoms with Gasteiger partial charge in [-0.2, -0.15) is 5.26 Å². The molecule has 0 saturated carbocycles. The van der Waals surface area contributed by atoms with Crippen molar-refractivity contribution in [1.29, 1.82) is 5.26 Å².